The number of nitrogens with zero attached hydrogens (tertiary/aromatic N) is 4. The van der Waals surface area contributed by atoms with Gasteiger partial charge in [0.2, 0.25) is 23.6 Å². The van der Waals surface area contributed by atoms with E-state index in [1.165, 1.54) is 10.9 Å². The molecule has 0 spiro atoms. The highest BCUT2D eigenvalue weighted by Gasteiger charge is 2.31. The standard InChI is InChI=1S/C28H41N11O6/c29-11-5-4-10-22-27(45)35-18(9-6-12-32-28(30)31)25(43)33-15-23(40)34-20(14-24(41)42)26(44)36-19(21-16-39(22)38-37-21)13-17-7-2-1-3-8-17/h1-3,7-8,16,18-20,22H,4-6,9-15,29H2,(H,33,43)(H,34,40)(H,35,45)(H,36,44)(H,41,42)(H4,30,31,32)/t18-,19-,20-,22-/m0/s1. The average molecular weight is 628 g/mol. The van der Waals surface area contributed by atoms with Crippen LogP contribution < -0.4 is 38.5 Å². The van der Waals surface area contributed by atoms with Gasteiger partial charge in [0, 0.05) is 6.54 Å². The first-order valence-electron chi connectivity index (χ1n) is 14.7. The van der Waals surface area contributed by atoms with Crippen LogP contribution in [0.1, 0.15) is 61.9 Å². The minimum atomic E-state index is -1.45. The molecule has 4 atom stereocenters. The van der Waals surface area contributed by atoms with Gasteiger partial charge in [-0.3, -0.25) is 29.0 Å². The lowest BCUT2D eigenvalue weighted by atomic mass is 10.0. The van der Waals surface area contributed by atoms with Gasteiger partial charge in [-0.05, 0) is 50.6 Å². The van der Waals surface area contributed by atoms with Gasteiger partial charge in [-0.25, -0.2) is 4.68 Å². The normalized spacial score (nSPS) is 21.2. The summed E-state index contributed by atoms with van der Waals surface area (Å²) in [6, 6.07) is 5.01. The zero-order chi connectivity index (χ0) is 32.8. The number of aliphatic carboxylic acids is 1. The van der Waals surface area contributed by atoms with E-state index in [9.17, 15) is 29.1 Å². The predicted octanol–water partition coefficient (Wildman–Crippen LogP) is -2.02. The monoisotopic (exact) mass is 627 g/mol. The molecule has 4 amide bonds. The van der Waals surface area contributed by atoms with E-state index in [2.05, 4.69) is 36.6 Å². The van der Waals surface area contributed by atoms with E-state index in [4.69, 9.17) is 17.2 Å². The number of nitrogens with one attached hydrogen (secondary N) is 4. The number of benzene rings is 1. The van der Waals surface area contributed by atoms with Crippen LogP contribution in [0.15, 0.2) is 41.5 Å². The first kappa shape index (κ1) is 34.4. The maximum Gasteiger partial charge on any atom is 0.305 e. The number of carboxylic acid groups (broad SMARTS) is 1. The average Bonchev–Trinajstić information content (AvgIpc) is 3.48. The Labute approximate surface area is 259 Å². The van der Waals surface area contributed by atoms with Crippen molar-refractivity contribution in [1.82, 2.24) is 36.3 Å². The van der Waals surface area contributed by atoms with Gasteiger partial charge in [-0.1, -0.05) is 35.5 Å². The molecule has 244 valence electrons. The maximum atomic E-state index is 13.7. The van der Waals surface area contributed by atoms with E-state index < -0.39 is 66.7 Å². The molecule has 17 heteroatoms. The largest absolute Gasteiger partial charge is 0.481 e. The Kier molecular flexibility index (Phi) is 13.2. The fraction of sp³-hybridized carbons (Fsp3) is 0.500. The lowest BCUT2D eigenvalue weighted by Gasteiger charge is -2.24. The number of carbonyl (C=O) groups is 5. The second-order valence-electron chi connectivity index (χ2n) is 10.6. The molecular weight excluding hydrogens is 586 g/mol. The molecule has 11 N–H and O–H groups in total. The fourth-order valence-electron chi connectivity index (χ4n) is 4.78. The lowest BCUT2D eigenvalue weighted by Crippen LogP contribution is -2.53. The Bertz CT molecular complexity index is 1350. The summed E-state index contributed by atoms with van der Waals surface area (Å²) in [5.74, 6) is -4.18. The zero-order valence-corrected chi connectivity index (χ0v) is 24.9. The molecule has 2 heterocycles. The highest BCUT2D eigenvalue weighted by molar-refractivity contribution is 5.94. The van der Waals surface area contributed by atoms with E-state index >= 15 is 0 Å². The molecule has 0 fully saturated rings. The predicted molar refractivity (Wildman–Crippen MR) is 162 cm³/mol. The van der Waals surface area contributed by atoms with Crippen molar-refractivity contribution in [3.05, 3.63) is 47.8 Å². The molecule has 0 saturated heterocycles. The van der Waals surface area contributed by atoms with Gasteiger partial charge in [0.15, 0.2) is 5.96 Å². The quantitative estimate of drug-likeness (QED) is 0.0722. The molecule has 3 rings (SSSR count). The summed E-state index contributed by atoms with van der Waals surface area (Å²) in [6.45, 7) is 0.0406. The van der Waals surface area contributed by atoms with Gasteiger partial charge >= 0.3 is 5.97 Å². The topological polar surface area (TPSA) is 275 Å². The molecule has 1 aromatic carbocycles. The van der Waals surface area contributed by atoms with Crippen molar-refractivity contribution >= 4 is 35.6 Å². The van der Waals surface area contributed by atoms with Crippen LogP contribution in [0.2, 0.25) is 0 Å². The molecule has 1 aliphatic rings. The van der Waals surface area contributed by atoms with Crippen LogP contribution in [0, 0.1) is 0 Å². The molecule has 2 aromatic rings. The van der Waals surface area contributed by atoms with E-state index in [1.54, 1.807) is 0 Å². The van der Waals surface area contributed by atoms with Gasteiger partial charge in [-0.2, -0.15) is 0 Å². The van der Waals surface area contributed by atoms with Crippen LogP contribution in [0.4, 0.5) is 0 Å². The Morgan fingerprint density at radius 3 is 2.36 bits per heavy atom. The summed E-state index contributed by atoms with van der Waals surface area (Å²) >= 11 is 0. The Hall–Kier alpha value is -5.06. The number of rotatable bonds is 12. The fourth-order valence-corrected chi connectivity index (χ4v) is 4.78. The van der Waals surface area contributed by atoms with Gasteiger partial charge in [0.25, 0.3) is 0 Å². The van der Waals surface area contributed by atoms with Gasteiger partial charge in [-0.15, -0.1) is 5.10 Å². The third kappa shape index (κ3) is 11.2. The summed E-state index contributed by atoms with van der Waals surface area (Å²) < 4.78 is 1.38. The zero-order valence-electron chi connectivity index (χ0n) is 24.9. The smallest absolute Gasteiger partial charge is 0.305 e. The molecule has 0 unspecified atom stereocenters. The van der Waals surface area contributed by atoms with Crippen molar-refractivity contribution in [2.45, 2.75) is 69.1 Å². The van der Waals surface area contributed by atoms with Gasteiger partial charge in [0.05, 0.1) is 25.2 Å². The highest BCUT2D eigenvalue weighted by Crippen LogP contribution is 2.21. The molecule has 2 bridgehead atoms. The number of carbonyl (C=O) groups excluding carboxylic acids is 4. The molecular formula is C28H41N11O6. The van der Waals surface area contributed by atoms with Crippen molar-refractivity contribution in [3.8, 4) is 0 Å². The van der Waals surface area contributed by atoms with Crippen LogP contribution in [0.3, 0.4) is 0 Å². The molecule has 0 saturated carbocycles. The minimum absolute atomic E-state index is 0.120. The van der Waals surface area contributed by atoms with Crippen LogP contribution in [0.5, 0.6) is 0 Å². The number of aliphatic imine (C=N–C) groups is 1. The SMILES string of the molecule is NCCCC[C@H]1C(=O)N[C@@H](CCCN=C(N)N)C(=O)NCC(=O)N[C@@H](CC(=O)O)C(=O)N[C@@H](Cc2ccccc2)c2cn1nn2. The number of unbranched alkanes of at least 4 members (excludes halogenated alkanes) is 1. The van der Waals surface area contributed by atoms with Crippen molar-refractivity contribution in [1.29, 1.82) is 0 Å². The van der Waals surface area contributed by atoms with Gasteiger partial charge in [0.1, 0.15) is 23.8 Å². The third-order valence-corrected chi connectivity index (χ3v) is 7.07. The van der Waals surface area contributed by atoms with E-state index in [0.717, 1.165) is 5.56 Å². The Morgan fingerprint density at radius 1 is 0.933 bits per heavy atom. The number of nitrogens with two attached hydrogens (primary N) is 3. The number of carboxylic acids is 1. The number of fused-ring (bicyclic) bond motifs is 2. The third-order valence-electron chi connectivity index (χ3n) is 7.07. The molecule has 0 radical (unpaired) electrons. The summed E-state index contributed by atoms with van der Waals surface area (Å²) in [4.78, 5) is 68.4. The van der Waals surface area contributed by atoms with E-state index in [-0.39, 0.29) is 25.3 Å². The summed E-state index contributed by atoms with van der Waals surface area (Å²) in [7, 11) is 0. The number of amides is 4. The molecule has 1 aromatic heterocycles. The number of hydrogen-bond donors (Lipinski definition) is 8. The Balaban J connectivity index is 2.01. The van der Waals surface area contributed by atoms with Crippen LogP contribution >= 0.6 is 0 Å². The molecule has 0 aliphatic carbocycles. The van der Waals surface area contributed by atoms with Crippen molar-refractivity contribution in [2.24, 2.45) is 22.2 Å². The van der Waals surface area contributed by atoms with Crippen LogP contribution in [-0.4, -0.2) is 87.4 Å². The van der Waals surface area contributed by atoms with E-state index in [1.807, 2.05) is 30.3 Å². The Morgan fingerprint density at radius 2 is 1.67 bits per heavy atom. The van der Waals surface area contributed by atoms with Crippen molar-refractivity contribution in [3.63, 3.8) is 0 Å². The minimum Gasteiger partial charge on any atom is -0.481 e. The van der Waals surface area contributed by atoms with Crippen LogP contribution in [-0.2, 0) is 30.4 Å². The molecule has 1 aliphatic heterocycles. The number of hydrogen-bond acceptors (Lipinski definition) is 9. The second-order valence-corrected chi connectivity index (χ2v) is 10.6. The van der Waals surface area contributed by atoms with Crippen LogP contribution in [0.25, 0.3) is 0 Å². The summed E-state index contributed by atoms with van der Waals surface area (Å²) in [5, 5.41) is 28.3. The summed E-state index contributed by atoms with van der Waals surface area (Å²) in [5.41, 5.74) is 17.6. The number of aromatic nitrogens is 3. The highest BCUT2D eigenvalue weighted by atomic mass is 16.4. The lowest BCUT2D eigenvalue weighted by molar-refractivity contribution is -0.141. The first-order valence-corrected chi connectivity index (χ1v) is 14.7. The molecule has 45 heavy (non-hydrogen) atoms. The first-order chi connectivity index (χ1) is 21.6. The summed E-state index contributed by atoms with van der Waals surface area (Å²) in [6.07, 6.45) is 3.10. The molecule has 17 nitrogen and oxygen atoms in total. The van der Waals surface area contributed by atoms with Crippen molar-refractivity contribution in [2.75, 3.05) is 19.6 Å². The maximum absolute atomic E-state index is 13.7. The number of guanidine groups is 1. The van der Waals surface area contributed by atoms with Crippen molar-refractivity contribution < 1.29 is 29.1 Å². The van der Waals surface area contributed by atoms with Gasteiger partial charge < -0.3 is 43.6 Å². The second kappa shape index (κ2) is 17.3. The van der Waals surface area contributed by atoms with E-state index in [0.29, 0.717) is 37.9 Å².